The van der Waals surface area contributed by atoms with Crippen molar-refractivity contribution >= 4 is 0 Å². The predicted octanol–water partition coefficient (Wildman–Crippen LogP) is 2.62. The molecular weight excluding hydrogens is 226 g/mol. The van der Waals surface area contributed by atoms with Gasteiger partial charge in [0, 0.05) is 26.1 Å². The van der Waals surface area contributed by atoms with Crippen LogP contribution in [-0.4, -0.2) is 11.7 Å². The molecule has 1 fully saturated rings. The Morgan fingerprint density at radius 1 is 1.29 bits per heavy atom. The van der Waals surface area contributed by atoms with Crippen LogP contribution < -0.4 is 0 Å². The van der Waals surface area contributed by atoms with Gasteiger partial charge in [0.15, 0.2) is 0 Å². The van der Waals surface area contributed by atoms with E-state index in [-0.39, 0.29) is 19.5 Å². The summed E-state index contributed by atoms with van der Waals surface area (Å²) >= 11 is 0. The Balaban J connectivity index is 0.000000531. The second-order valence-corrected chi connectivity index (χ2v) is 3.20. The Labute approximate surface area is 99.3 Å². The first-order valence-corrected chi connectivity index (χ1v) is 4.78. The first kappa shape index (κ1) is 13.8. The molecule has 0 radical (unpaired) electrons. The third kappa shape index (κ3) is 3.51. The van der Waals surface area contributed by atoms with Crippen molar-refractivity contribution in [2.45, 2.75) is 19.3 Å². The number of hydrogen-bond donors (Lipinski definition) is 1. The topological polar surface area (TPSA) is 20.2 Å². The van der Waals surface area contributed by atoms with Gasteiger partial charge in [-0.15, -0.1) is 0 Å². The molecule has 1 aromatic carbocycles. The van der Waals surface area contributed by atoms with Crippen LogP contribution in [0.5, 0.6) is 0 Å². The van der Waals surface area contributed by atoms with E-state index in [9.17, 15) is 0 Å². The molecule has 74 valence electrons. The molecule has 2 rings (SSSR count). The van der Waals surface area contributed by atoms with Crippen LogP contribution in [0.15, 0.2) is 30.3 Å². The molecule has 0 amide bonds. The zero-order valence-electron chi connectivity index (χ0n) is 8.82. The molecule has 1 aromatic rings. The van der Waals surface area contributed by atoms with Crippen LogP contribution in [0.1, 0.15) is 24.8 Å². The van der Waals surface area contributed by atoms with Crippen LogP contribution in [0.3, 0.4) is 0 Å². The molecule has 0 saturated heterocycles. The molecule has 2 heteroatoms. The number of hydrogen-bond acceptors (Lipinski definition) is 1. The van der Waals surface area contributed by atoms with E-state index in [0.717, 1.165) is 0 Å². The molecule has 1 aliphatic carbocycles. The van der Waals surface area contributed by atoms with E-state index in [4.69, 9.17) is 5.11 Å². The predicted molar refractivity (Wildman–Crippen MR) is 55.4 cm³/mol. The Morgan fingerprint density at radius 2 is 1.86 bits per heavy atom. The Morgan fingerprint density at radius 3 is 2.29 bits per heavy atom. The minimum Gasteiger partial charge on any atom is -0.396 e. The Bertz CT molecular complexity index is 235. The smallest absolute Gasteiger partial charge is 0.0465 e. The van der Waals surface area contributed by atoms with Gasteiger partial charge in [-0.25, -0.2) is 0 Å². The summed E-state index contributed by atoms with van der Waals surface area (Å²) in [6.45, 7) is 5.35. The molecule has 0 bridgehead atoms. The molecule has 1 aliphatic rings. The third-order valence-electron chi connectivity index (χ3n) is 2.38. The maximum Gasteiger partial charge on any atom is 0.0465 e. The number of benzene rings is 1. The number of aliphatic hydroxyl groups is 1. The minimum absolute atomic E-state index is 0. The molecule has 0 heterocycles. The molecule has 0 unspecified atom stereocenters. The standard InChI is InChI=1S/C10H12O.C2H5.Zn/c11-7-9-6-10(9)8-4-2-1-3-5-8;1-2;/h1-5,9-11H,6-7H2;1H2,2H3;/q;-1;/t9-,10-;;/m0../s1. The van der Waals surface area contributed by atoms with E-state index >= 15 is 0 Å². The van der Waals surface area contributed by atoms with Crippen molar-refractivity contribution in [3.63, 3.8) is 0 Å². The first-order chi connectivity index (χ1) is 6.42. The van der Waals surface area contributed by atoms with Crippen LogP contribution in [0.25, 0.3) is 0 Å². The summed E-state index contributed by atoms with van der Waals surface area (Å²) in [4.78, 5) is 0. The monoisotopic (exact) mass is 241 g/mol. The number of aliphatic hydroxyl groups excluding tert-OH is 1. The van der Waals surface area contributed by atoms with Gasteiger partial charge in [-0.1, -0.05) is 30.3 Å². The molecule has 1 nitrogen and oxygen atoms in total. The maximum atomic E-state index is 8.84. The summed E-state index contributed by atoms with van der Waals surface area (Å²) < 4.78 is 0. The third-order valence-corrected chi connectivity index (χ3v) is 2.38. The van der Waals surface area contributed by atoms with Gasteiger partial charge in [0.2, 0.25) is 0 Å². The molecule has 1 N–H and O–H groups in total. The molecule has 0 aromatic heterocycles. The summed E-state index contributed by atoms with van der Waals surface area (Å²) in [6, 6.07) is 10.4. The van der Waals surface area contributed by atoms with Gasteiger partial charge in [0.05, 0.1) is 0 Å². The summed E-state index contributed by atoms with van der Waals surface area (Å²) in [5, 5.41) is 8.84. The summed E-state index contributed by atoms with van der Waals surface area (Å²) in [5.41, 5.74) is 1.38. The van der Waals surface area contributed by atoms with Crippen molar-refractivity contribution in [3.8, 4) is 0 Å². The zero-order valence-corrected chi connectivity index (χ0v) is 11.8. The molecule has 1 saturated carbocycles. The van der Waals surface area contributed by atoms with Gasteiger partial charge in [-0.05, 0) is 23.8 Å². The van der Waals surface area contributed by atoms with Crippen molar-refractivity contribution in [2.24, 2.45) is 5.92 Å². The second kappa shape index (κ2) is 7.14. The Kier molecular flexibility index (Phi) is 7.04. The quantitative estimate of drug-likeness (QED) is 0.624. The van der Waals surface area contributed by atoms with Crippen LogP contribution in [0.4, 0.5) is 0 Å². The molecule has 0 spiro atoms. The molecule has 14 heavy (non-hydrogen) atoms. The molecule has 2 atom stereocenters. The van der Waals surface area contributed by atoms with Gasteiger partial charge in [-0.2, -0.15) is 6.92 Å². The van der Waals surface area contributed by atoms with Gasteiger partial charge < -0.3 is 12.0 Å². The minimum atomic E-state index is 0. The SMILES string of the molecule is OC[C@@H]1C[C@H]1c1ccccc1.[CH2-]C.[Zn]. The van der Waals surface area contributed by atoms with Gasteiger partial charge >= 0.3 is 0 Å². The van der Waals surface area contributed by atoms with Crippen LogP contribution in [-0.2, 0) is 19.5 Å². The summed E-state index contributed by atoms with van der Waals surface area (Å²) in [6.07, 6.45) is 1.17. The first-order valence-electron chi connectivity index (χ1n) is 4.78. The van der Waals surface area contributed by atoms with Gasteiger partial charge in [0.1, 0.15) is 0 Å². The summed E-state index contributed by atoms with van der Waals surface area (Å²) in [5.74, 6) is 1.18. The van der Waals surface area contributed by atoms with Gasteiger partial charge in [-0.3, -0.25) is 0 Å². The van der Waals surface area contributed by atoms with Crippen molar-refractivity contribution in [1.29, 1.82) is 0 Å². The van der Waals surface area contributed by atoms with E-state index in [0.29, 0.717) is 18.4 Å². The largest absolute Gasteiger partial charge is 0.396 e. The Hall–Kier alpha value is -0.197. The fraction of sp³-hybridized carbons (Fsp3) is 0.417. The van der Waals surface area contributed by atoms with E-state index in [1.165, 1.54) is 12.0 Å². The zero-order chi connectivity index (χ0) is 9.68. The van der Waals surface area contributed by atoms with E-state index in [1.807, 2.05) is 6.07 Å². The average Bonchev–Trinajstić information content (AvgIpc) is 3.01. The summed E-state index contributed by atoms with van der Waals surface area (Å²) in [7, 11) is 0. The molecule has 0 aliphatic heterocycles. The van der Waals surface area contributed by atoms with E-state index in [1.54, 1.807) is 6.92 Å². The van der Waals surface area contributed by atoms with Crippen molar-refractivity contribution in [1.82, 2.24) is 0 Å². The van der Waals surface area contributed by atoms with Crippen LogP contribution in [0, 0.1) is 12.8 Å². The van der Waals surface area contributed by atoms with E-state index < -0.39 is 0 Å². The maximum absolute atomic E-state index is 8.84. The number of rotatable bonds is 2. The fourth-order valence-corrected chi connectivity index (χ4v) is 1.56. The second-order valence-electron chi connectivity index (χ2n) is 3.20. The van der Waals surface area contributed by atoms with E-state index in [2.05, 4.69) is 31.2 Å². The van der Waals surface area contributed by atoms with Crippen LogP contribution >= 0.6 is 0 Å². The van der Waals surface area contributed by atoms with Crippen LogP contribution in [0.2, 0.25) is 0 Å². The fourth-order valence-electron chi connectivity index (χ4n) is 1.56. The molecular formula is C12H17OZn-. The van der Waals surface area contributed by atoms with Crippen molar-refractivity contribution in [3.05, 3.63) is 42.8 Å². The van der Waals surface area contributed by atoms with Crippen molar-refractivity contribution in [2.75, 3.05) is 6.61 Å². The van der Waals surface area contributed by atoms with Crippen molar-refractivity contribution < 1.29 is 24.6 Å². The average molecular weight is 243 g/mol. The van der Waals surface area contributed by atoms with Gasteiger partial charge in [0.25, 0.3) is 0 Å². The normalized spacial score (nSPS) is 22.8.